The largest absolute Gasteiger partial charge is 0.465 e. The Labute approximate surface area is 193 Å². The normalized spacial score (nSPS) is 21.8. The number of aromatic nitrogens is 1. The van der Waals surface area contributed by atoms with Crippen molar-refractivity contribution >= 4 is 27.0 Å². The van der Waals surface area contributed by atoms with Crippen molar-refractivity contribution in [3.63, 3.8) is 0 Å². The number of rotatable bonds is 4. The molecule has 1 aromatic heterocycles. The molecule has 0 spiro atoms. The number of nitrogens with one attached hydrogen (secondary N) is 3. The van der Waals surface area contributed by atoms with Crippen LogP contribution >= 0.6 is 0 Å². The third kappa shape index (κ3) is 4.23. The lowest BCUT2D eigenvalue weighted by atomic mass is 9.91. The first-order valence-corrected chi connectivity index (χ1v) is 12.8. The van der Waals surface area contributed by atoms with Crippen LogP contribution in [0.3, 0.4) is 0 Å². The molecule has 2 aliphatic rings. The van der Waals surface area contributed by atoms with E-state index in [9.17, 15) is 13.2 Å². The van der Waals surface area contributed by atoms with E-state index in [2.05, 4.69) is 40.1 Å². The van der Waals surface area contributed by atoms with Gasteiger partial charge in [0.05, 0.1) is 10.9 Å². The summed E-state index contributed by atoms with van der Waals surface area (Å²) in [5.41, 5.74) is 4.56. The second kappa shape index (κ2) is 8.48. The molecule has 1 amide bonds. The highest BCUT2D eigenvalue weighted by atomic mass is 32.2. The van der Waals surface area contributed by atoms with E-state index in [-0.39, 0.29) is 17.0 Å². The molecule has 2 atom stereocenters. The summed E-state index contributed by atoms with van der Waals surface area (Å²) in [4.78, 5) is 16.1. The Morgan fingerprint density at radius 2 is 1.79 bits per heavy atom. The molecule has 4 N–H and O–H groups in total. The van der Waals surface area contributed by atoms with Crippen molar-refractivity contribution in [2.75, 3.05) is 13.1 Å². The molecule has 2 aromatic carbocycles. The van der Waals surface area contributed by atoms with Gasteiger partial charge in [-0.3, -0.25) is 0 Å². The number of para-hydroxylation sites is 1. The monoisotopic (exact) mass is 468 g/mol. The first-order chi connectivity index (χ1) is 15.8. The van der Waals surface area contributed by atoms with Crippen molar-refractivity contribution in [1.82, 2.24) is 19.9 Å². The van der Waals surface area contributed by atoms with Crippen LogP contribution in [0.2, 0.25) is 0 Å². The van der Waals surface area contributed by atoms with E-state index in [1.807, 2.05) is 18.2 Å². The number of carbonyl (C=O) groups is 1. The van der Waals surface area contributed by atoms with Crippen molar-refractivity contribution in [1.29, 1.82) is 0 Å². The standard InChI is InChI=1S/C24H28N4O4S/c1-15-14-20-19-4-2-3-5-21(19)26-23(20)22(25-15)16-6-8-18(9-7-16)33(31,32)27-17-10-12-28(13-11-17)24(29)30/h2-9,15,17,22,25-27H,10-14H2,1H3,(H,29,30)/t15-,22?/m0/s1. The summed E-state index contributed by atoms with van der Waals surface area (Å²) in [5.74, 6) is 0. The van der Waals surface area contributed by atoms with Crippen LogP contribution in [0.4, 0.5) is 4.79 Å². The second-order valence-electron chi connectivity index (χ2n) is 9.00. The van der Waals surface area contributed by atoms with Crippen molar-refractivity contribution < 1.29 is 18.3 Å². The molecule has 0 saturated carbocycles. The number of H-pyrrole nitrogens is 1. The van der Waals surface area contributed by atoms with E-state index >= 15 is 0 Å². The molecule has 2 aliphatic heterocycles. The highest BCUT2D eigenvalue weighted by molar-refractivity contribution is 7.89. The lowest BCUT2D eigenvalue weighted by Gasteiger charge is -2.30. The first kappa shape index (κ1) is 21.9. The average Bonchev–Trinajstić information content (AvgIpc) is 3.17. The fourth-order valence-electron chi connectivity index (χ4n) is 5.00. The van der Waals surface area contributed by atoms with Gasteiger partial charge in [0, 0.05) is 41.8 Å². The summed E-state index contributed by atoms with van der Waals surface area (Å²) < 4.78 is 28.6. The predicted molar refractivity (Wildman–Crippen MR) is 126 cm³/mol. The Morgan fingerprint density at radius 3 is 2.48 bits per heavy atom. The molecule has 0 aliphatic carbocycles. The van der Waals surface area contributed by atoms with Gasteiger partial charge >= 0.3 is 6.09 Å². The summed E-state index contributed by atoms with van der Waals surface area (Å²) in [6.45, 7) is 2.83. The number of benzene rings is 2. The topological polar surface area (TPSA) is 115 Å². The molecule has 0 bridgehead atoms. The fourth-order valence-corrected chi connectivity index (χ4v) is 6.30. The first-order valence-electron chi connectivity index (χ1n) is 11.3. The van der Waals surface area contributed by atoms with Crippen LogP contribution < -0.4 is 10.0 Å². The molecule has 5 rings (SSSR count). The summed E-state index contributed by atoms with van der Waals surface area (Å²) >= 11 is 0. The van der Waals surface area contributed by atoms with E-state index in [1.165, 1.54) is 15.8 Å². The van der Waals surface area contributed by atoms with Gasteiger partial charge in [-0.1, -0.05) is 30.3 Å². The second-order valence-corrected chi connectivity index (χ2v) is 10.7. The van der Waals surface area contributed by atoms with Gasteiger partial charge in [-0.25, -0.2) is 17.9 Å². The van der Waals surface area contributed by atoms with E-state index in [4.69, 9.17) is 5.11 Å². The number of aromatic amines is 1. The van der Waals surface area contributed by atoms with Crippen LogP contribution in [-0.4, -0.2) is 54.7 Å². The van der Waals surface area contributed by atoms with Crippen molar-refractivity contribution in [2.24, 2.45) is 0 Å². The minimum absolute atomic E-state index is 0.0405. The Kier molecular flexibility index (Phi) is 5.64. The maximum absolute atomic E-state index is 12.9. The molecule has 1 fully saturated rings. The van der Waals surface area contributed by atoms with Gasteiger partial charge < -0.3 is 20.3 Å². The van der Waals surface area contributed by atoms with Gasteiger partial charge in [-0.15, -0.1) is 0 Å². The molecule has 1 saturated heterocycles. The molecule has 1 unspecified atom stereocenters. The lowest BCUT2D eigenvalue weighted by molar-refractivity contribution is 0.131. The van der Waals surface area contributed by atoms with Gasteiger partial charge in [0.15, 0.2) is 0 Å². The van der Waals surface area contributed by atoms with E-state index in [0.29, 0.717) is 32.0 Å². The summed E-state index contributed by atoms with van der Waals surface area (Å²) in [6.07, 6.45) is 0.913. The highest BCUT2D eigenvalue weighted by Gasteiger charge is 2.30. The van der Waals surface area contributed by atoms with E-state index < -0.39 is 16.1 Å². The summed E-state index contributed by atoms with van der Waals surface area (Å²) in [7, 11) is -3.68. The van der Waals surface area contributed by atoms with Crippen molar-refractivity contribution in [3.8, 4) is 0 Å². The third-order valence-corrected chi connectivity index (χ3v) is 8.24. The number of nitrogens with zero attached hydrogens (tertiary/aromatic N) is 1. The maximum atomic E-state index is 12.9. The highest BCUT2D eigenvalue weighted by Crippen LogP contribution is 2.35. The number of amides is 1. The predicted octanol–water partition coefficient (Wildman–Crippen LogP) is 3.21. The number of hydrogen-bond donors (Lipinski definition) is 4. The molecule has 174 valence electrons. The number of likely N-dealkylation sites (tertiary alicyclic amines) is 1. The number of carboxylic acid groups (broad SMARTS) is 1. The quantitative estimate of drug-likeness (QED) is 0.469. The van der Waals surface area contributed by atoms with E-state index in [0.717, 1.165) is 23.2 Å². The third-order valence-electron chi connectivity index (χ3n) is 6.71. The molecular formula is C24H28N4O4S. The van der Waals surface area contributed by atoms with Crippen LogP contribution in [0.5, 0.6) is 0 Å². The Morgan fingerprint density at radius 1 is 1.09 bits per heavy atom. The Hall–Kier alpha value is -2.88. The van der Waals surface area contributed by atoms with Crippen LogP contribution in [0.25, 0.3) is 10.9 Å². The van der Waals surface area contributed by atoms with Crippen molar-refractivity contribution in [2.45, 2.75) is 49.2 Å². The summed E-state index contributed by atoms with van der Waals surface area (Å²) in [5, 5.41) is 13.9. The van der Waals surface area contributed by atoms with Gasteiger partial charge in [-0.05, 0) is 55.5 Å². The van der Waals surface area contributed by atoms with Gasteiger partial charge in [0.25, 0.3) is 0 Å². The molecule has 9 heteroatoms. The maximum Gasteiger partial charge on any atom is 0.407 e. The SMILES string of the molecule is C[C@H]1Cc2c([nH]c3ccccc23)C(c2ccc(S(=O)(=O)NC3CCN(C(=O)O)CC3)cc2)N1. The molecule has 3 aromatic rings. The molecular weight excluding hydrogens is 440 g/mol. The molecule has 3 heterocycles. The Bertz CT molecular complexity index is 1280. The number of fused-ring (bicyclic) bond motifs is 3. The molecule has 33 heavy (non-hydrogen) atoms. The minimum atomic E-state index is -3.68. The minimum Gasteiger partial charge on any atom is -0.465 e. The fraction of sp³-hybridized carbons (Fsp3) is 0.375. The van der Waals surface area contributed by atoms with E-state index in [1.54, 1.807) is 12.1 Å². The number of piperidine rings is 1. The van der Waals surface area contributed by atoms with Gasteiger partial charge in [0.2, 0.25) is 10.0 Å². The average molecular weight is 469 g/mol. The van der Waals surface area contributed by atoms with Crippen LogP contribution in [-0.2, 0) is 16.4 Å². The van der Waals surface area contributed by atoms with Crippen LogP contribution in [0, 0.1) is 0 Å². The van der Waals surface area contributed by atoms with Crippen molar-refractivity contribution in [3.05, 3.63) is 65.4 Å². The van der Waals surface area contributed by atoms with Crippen LogP contribution in [0.15, 0.2) is 53.4 Å². The zero-order valence-corrected chi connectivity index (χ0v) is 19.2. The van der Waals surface area contributed by atoms with Gasteiger partial charge in [0.1, 0.15) is 0 Å². The number of hydrogen-bond acceptors (Lipinski definition) is 4. The zero-order chi connectivity index (χ0) is 23.2. The molecule has 0 radical (unpaired) electrons. The summed E-state index contributed by atoms with van der Waals surface area (Å²) in [6, 6.07) is 15.3. The Balaban J connectivity index is 1.35. The lowest BCUT2D eigenvalue weighted by Crippen LogP contribution is -2.46. The number of sulfonamides is 1. The smallest absolute Gasteiger partial charge is 0.407 e. The van der Waals surface area contributed by atoms with Gasteiger partial charge in [-0.2, -0.15) is 0 Å². The molecule has 8 nitrogen and oxygen atoms in total. The van der Waals surface area contributed by atoms with Crippen LogP contribution in [0.1, 0.15) is 42.6 Å². The zero-order valence-electron chi connectivity index (χ0n) is 18.4.